The van der Waals surface area contributed by atoms with Crippen LogP contribution in [0.3, 0.4) is 0 Å². The van der Waals surface area contributed by atoms with Crippen molar-refractivity contribution in [3.63, 3.8) is 0 Å². The van der Waals surface area contributed by atoms with Crippen LogP contribution >= 0.6 is 11.3 Å². The molecule has 8 nitrogen and oxygen atoms in total. The Morgan fingerprint density at radius 2 is 2.07 bits per heavy atom. The van der Waals surface area contributed by atoms with E-state index in [1.54, 1.807) is 17.5 Å². The molecule has 2 aliphatic rings. The van der Waals surface area contributed by atoms with Crippen LogP contribution in [-0.2, 0) is 9.53 Å². The van der Waals surface area contributed by atoms with Crippen LogP contribution in [0.5, 0.6) is 0 Å². The average molecular weight is 414 g/mol. The van der Waals surface area contributed by atoms with Crippen molar-refractivity contribution in [1.82, 2.24) is 4.90 Å². The number of Topliss-reactive ketones (excluding diaryl/α,β-unsaturated/α-hetero) is 1. The molecule has 0 bridgehead atoms. The molecule has 1 N–H and O–H groups in total. The molecule has 2 unspecified atom stereocenters. The summed E-state index contributed by atoms with van der Waals surface area (Å²) >= 11 is 1.22. The van der Waals surface area contributed by atoms with Gasteiger partial charge in [-0.3, -0.25) is 19.7 Å². The molecular weight excluding hydrogens is 396 g/mol. The number of ketones is 1. The van der Waals surface area contributed by atoms with Crippen LogP contribution in [0.2, 0.25) is 0 Å². The lowest BCUT2D eigenvalue weighted by Gasteiger charge is -2.28. The lowest BCUT2D eigenvalue weighted by atomic mass is 9.95. The fraction of sp³-hybridized carbons (Fsp3) is 0.300. The Morgan fingerprint density at radius 3 is 2.66 bits per heavy atom. The Kier molecular flexibility index (Phi) is 5.16. The van der Waals surface area contributed by atoms with Gasteiger partial charge in [-0.2, -0.15) is 0 Å². The standard InChI is InChI=1S/C20H18N2O6S/c23-18(15-4-2-10-29-15)16-17(12-5-7-13(8-6-12)22(26)27)21(20(25)19(16)24)11-14-3-1-9-28-14/h2,4-8,10,14,17,24H,1,3,9,11H2. The number of benzene rings is 1. The van der Waals surface area contributed by atoms with Gasteiger partial charge in [-0.1, -0.05) is 6.07 Å². The van der Waals surface area contributed by atoms with Gasteiger partial charge in [-0.15, -0.1) is 11.3 Å². The van der Waals surface area contributed by atoms with Crippen molar-refractivity contribution >= 4 is 28.7 Å². The number of nitrogens with zero attached hydrogens (tertiary/aromatic N) is 2. The summed E-state index contributed by atoms with van der Waals surface area (Å²) in [4.78, 5) is 38.2. The van der Waals surface area contributed by atoms with Crippen LogP contribution in [0, 0.1) is 10.1 Å². The number of hydrogen-bond acceptors (Lipinski definition) is 7. The summed E-state index contributed by atoms with van der Waals surface area (Å²) in [6.45, 7) is 0.834. The molecule has 29 heavy (non-hydrogen) atoms. The van der Waals surface area contributed by atoms with Gasteiger partial charge in [-0.25, -0.2) is 0 Å². The van der Waals surface area contributed by atoms with Crippen LogP contribution in [-0.4, -0.2) is 45.9 Å². The van der Waals surface area contributed by atoms with Crippen molar-refractivity contribution in [2.24, 2.45) is 0 Å². The monoisotopic (exact) mass is 414 g/mol. The Bertz CT molecular complexity index is 977. The third-order valence-corrected chi connectivity index (χ3v) is 6.01. The van der Waals surface area contributed by atoms with Gasteiger partial charge in [0.2, 0.25) is 5.78 Å². The number of thiophene rings is 1. The Hall–Kier alpha value is -3.04. The summed E-state index contributed by atoms with van der Waals surface area (Å²) in [6, 6.07) is 8.20. The maximum Gasteiger partial charge on any atom is 0.290 e. The molecule has 2 aliphatic heterocycles. The first-order valence-corrected chi connectivity index (χ1v) is 10.0. The minimum Gasteiger partial charge on any atom is -0.503 e. The number of non-ortho nitro benzene ring substituents is 1. The van der Waals surface area contributed by atoms with Crippen LogP contribution in [0.1, 0.15) is 34.1 Å². The highest BCUT2D eigenvalue weighted by atomic mass is 32.1. The highest BCUT2D eigenvalue weighted by Crippen LogP contribution is 2.40. The van der Waals surface area contributed by atoms with Crippen LogP contribution in [0.25, 0.3) is 0 Å². The summed E-state index contributed by atoms with van der Waals surface area (Å²) in [7, 11) is 0. The smallest absolute Gasteiger partial charge is 0.290 e. The molecule has 2 atom stereocenters. The molecule has 1 aromatic heterocycles. The van der Waals surface area contributed by atoms with Crippen molar-refractivity contribution in [3.8, 4) is 0 Å². The van der Waals surface area contributed by atoms with Crippen molar-refractivity contribution in [2.75, 3.05) is 13.2 Å². The topological polar surface area (TPSA) is 110 Å². The van der Waals surface area contributed by atoms with Crippen molar-refractivity contribution < 1.29 is 24.4 Å². The lowest BCUT2D eigenvalue weighted by molar-refractivity contribution is -0.384. The number of aliphatic hydroxyl groups excluding tert-OH is 1. The molecule has 1 amide bonds. The zero-order valence-corrected chi connectivity index (χ0v) is 16.1. The predicted octanol–water partition coefficient (Wildman–Crippen LogP) is 3.41. The first-order valence-electron chi connectivity index (χ1n) is 9.15. The third kappa shape index (κ3) is 3.54. The Balaban J connectivity index is 1.75. The van der Waals surface area contributed by atoms with Gasteiger partial charge >= 0.3 is 0 Å². The predicted molar refractivity (Wildman–Crippen MR) is 105 cm³/mol. The maximum atomic E-state index is 13.1. The highest BCUT2D eigenvalue weighted by molar-refractivity contribution is 7.12. The number of carbonyl (C=O) groups excluding carboxylic acids is 2. The van der Waals surface area contributed by atoms with Gasteiger partial charge in [0, 0.05) is 25.3 Å². The summed E-state index contributed by atoms with van der Waals surface area (Å²) in [5.41, 5.74) is 0.415. The molecule has 1 aromatic carbocycles. The van der Waals surface area contributed by atoms with E-state index >= 15 is 0 Å². The fourth-order valence-corrected chi connectivity index (χ4v) is 4.42. The largest absolute Gasteiger partial charge is 0.503 e. The van der Waals surface area contributed by atoms with Crippen molar-refractivity contribution in [3.05, 3.63) is 73.7 Å². The minimum atomic E-state index is -0.831. The molecule has 9 heteroatoms. The average Bonchev–Trinajstić information content (AvgIpc) is 3.46. The van der Waals surface area contributed by atoms with E-state index in [-0.39, 0.29) is 23.9 Å². The number of rotatable bonds is 6. The maximum absolute atomic E-state index is 13.1. The van der Waals surface area contributed by atoms with E-state index in [1.807, 2.05) is 0 Å². The second-order valence-corrected chi connectivity index (χ2v) is 7.86. The number of aliphatic hydroxyl groups is 1. The molecule has 150 valence electrons. The van der Waals surface area contributed by atoms with Gasteiger partial charge in [0.1, 0.15) is 0 Å². The van der Waals surface area contributed by atoms with E-state index < -0.39 is 28.4 Å². The lowest BCUT2D eigenvalue weighted by Crippen LogP contribution is -2.37. The quantitative estimate of drug-likeness (QED) is 0.441. The molecule has 0 spiro atoms. The van der Waals surface area contributed by atoms with E-state index in [2.05, 4.69) is 0 Å². The normalized spacial score (nSPS) is 21.8. The van der Waals surface area contributed by atoms with Gasteiger partial charge in [-0.05, 0) is 42.0 Å². The number of ether oxygens (including phenoxy) is 1. The van der Waals surface area contributed by atoms with Gasteiger partial charge in [0.15, 0.2) is 5.76 Å². The molecule has 0 aliphatic carbocycles. The number of carbonyl (C=O) groups is 2. The number of hydrogen-bond donors (Lipinski definition) is 1. The highest BCUT2D eigenvalue weighted by Gasteiger charge is 2.45. The van der Waals surface area contributed by atoms with E-state index in [0.29, 0.717) is 17.0 Å². The molecule has 1 saturated heterocycles. The summed E-state index contributed by atoms with van der Waals surface area (Å²) in [5, 5.41) is 23.3. The van der Waals surface area contributed by atoms with Crippen molar-refractivity contribution in [1.29, 1.82) is 0 Å². The van der Waals surface area contributed by atoms with Gasteiger partial charge in [0.05, 0.1) is 27.5 Å². The van der Waals surface area contributed by atoms with Gasteiger partial charge in [0.25, 0.3) is 11.6 Å². The van der Waals surface area contributed by atoms with Gasteiger partial charge < -0.3 is 14.7 Å². The van der Waals surface area contributed by atoms with Crippen LogP contribution < -0.4 is 0 Å². The van der Waals surface area contributed by atoms with E-state index in [1.165, 1.54) is 40.5 Å². The van der Waals surface area contributed by atoms with Crippen LogP contribution in [0.15, 0.2) is 53.1 Å². The number of nitro groups is 1. The third-order valence-electron chi connectivity index (χ3n) is 5.14. The molecule has 2 aromatic rings. The molecule has 3 heterocycles. The van der Waals surface area contributed by atoms with E-state index in [4.69, 9.17) is 4.74 Å². The second-order valence-electron chi connectivity index (χ2n) is 6.91. The second kappa shape index (κ2) is 7.76. The zero-order chi connectivity index (χ0) is 20.5. The van der Waals surface area contributed by atoms with Crippen LogP contribution in [0.4, 0.5) is 5.69 Å². The number of nitro benzene ring substituents is 1. The molecule has 0 saturated carbocycles. The molecular formula is C20H18N2O6S. The first-order chi connectivity index (χ1) is 14.0. The molecule has 1 fully saturated rings. The van der Waals surface area contributed by atoms with Crippen molar-refractivity contribution in [2.45, 2.75) is 25.0 Å². The number of amides is 1. The summed E-state index contributed by atoms with van der Waals surface area (Å²) in [5.74, 6) is -1.64. The molecule has 4 rings (SSSR count). The zero-order valence-electron chi connectivity index (χ0n) is 15.3. The SMILES string of the molecule is O=C(C1=C(O)C(=O)N(CC2CCCO2)C1c1ccc([N+](=O)[O-])cc1)c1cccs1. The summed E-state index contributed by atoms with van der Waals surface area (Å²) < 4.78 is 5.63. The fourth-order valence-electron chi connectivity index (χ4n) is 3.75. The summed E-state index contributed by atoms with van der Waals surface area (Å²) in [6.07, 6.45) is 1.49. The molecule has 0 radical (unpaired) electrons. The Labute approximate surface area is 170 Å². The Morgan fingerprint density at radius 1 is 1.31 bits per heavy atom. The van der Waals surface area contributed by atoms with E-state index in [0.717, 1.165) is 12.8 Å². The minimum absolute atomic E-state index is 0.00991. The first kappa shape index (κ1) is 19.3. The van der Waals surface area contributed by atoms with E-state index in [9.17, 15) is 24.8 Å².